The monoisotopic (exact) mass is 361 g/mol. The number of hydrogen-bond acceptors (Lipinski definition) is 3. The molecule has 2 aromatic carbocycles. The van der Waals surface area contributed by atoms with Crippen LogP contribution in [0.2, 0.25) is 0 Å². The Labute approximate surface area is 156 Å². The molecule has 1 aliphatic rings. The van der Waals surface area contributed by atoms with Crippen molar-refractivity contribution in [2.75, 3.05) is 4.90 Å². The van der Waals surface area contributed by atoms with E-state index < -0.39 is 6.04 Å². The summed E-state index contributed by atoms with van der Waals surface area (Å²) in [6, 6.07) is 16.5. The Morgan fingerprint density at radius 2 is 1.93 bits per heavy atom. The van der Waals surface area contributed by atoms with Crippen molar-refractivity contribution in [3.8, 4) is 18.2 Å². The van der Waals surface area contributed by atoms with Gasteiger partial charge in [-0.25, -0.2) is 4.39 Å². The summed E-state index contributed by atoms with van der Waals surface area (Å²) < 4.78 is 20.5. The number of carbonyl (C=O) groups excluding carboxylic acids is 1. The first kappa shape index (κ1) is 16.9. The third-order valence-electron chi connectivity index (χ3n) is 4.38. The van der Waals surface area contributed by atoms with Crippen LogP contribution in [-0.4, -0.2) is 21.7 Å². The van der Waals surface area contributed by atoms with Gasteiger partial charge in [-0.2, -0.15) is 0 Å². The summed E-state index contributed by atoms with van der Waals surface area (Å²) >= 11 is 0. The van der Waals surface area contributed by atoms with Gasteiger partial charge in [-0.15, -0.1) is 11.5 Å². The fourth-order valence-corrected chi connectivity index (χ4v) is 3.04. The smallest absolute Gasteiger partial charge is 0.277 e. The first-order valence-electron chi connectivity index (χ1n) is 8.45. The van der Waals surface area contributed by atoms with Gasteiger partial charge in [0, 0.05) is 11.8 Å². The van der Waals surface area contributed by atoms with Crippen molar-refractivity contribution in [3.63, 3.8) is 0 Å². The maximum atomic E-state index is 13.2. The Hall–Kier alpha value is -3.59. The summed E-state index contributed by atoms with van der Waals surface area (Å²) in [5, 5.41) is 4.35. The van der Waals surface area contributed by atoms with Crippen LogP contribution in [-0.2, 0) is 13.2 Å². The molecular weight excluding hydrogens is 345 g/mol. The number of benzene rings is 2. The lowest BCUT2D eigenvalue weighted by molar-refractivity contribution is 0.0953. The van der Waals surface area contributed by atoms with Crippen molar-refractivity contribution in [3.05, 3.63) is 77.7 Å². The Bertz CT molecular complexity index is 1010. The standard InChI is InChI=1S/C21H16FN3O2/c1-2-17-13-24-19(21(26)25(17)18-10-8-16(22)9-11-18)12-20(23-24)27-14-15-6-4-3-5-7-15/h1,3-12,17H,13-14H2/t17-/m1/s1. The predicted molar refractivity (Wildman–Crippen MR) is 98.8 cm³/mol. The number of nitrogens with zero attached hydrogens (tertiary/aromatic N) is 3. The number of anilines is 1. The molecule has 0 bridgehead atoms. The molecule has 6 heteroatoms. The molecule has 1 atom stereocenters. The van der Waals surface area contributed by atoms with Crippen molar-refractivity contribution in [2.24, 2.45) is 0 Å². The van der Waals surface area contributed by atoms with E-state index in [0.717, 1.165) is 5.56 Å². The van der Waals surface area contributed by atoms with E-state index in [2.05, 4.69) is 11.0 Å². The zero-order valence-corrected chi connectivity index (χ0v) is 14.4. The minimum atomic E-state index is -0.516. The van der Waals surface area contributed by atoms with Crippen LogP contribution >= 0.6 is 0 Å². The first-order chi connectivity index (χ1) is 13.2. The molecule has 5 nitrogen and oxygen atoms in total. The van der Waals surface area contributed by atoms with Gasteiger partial charge in [0.1, 0.15) is 24.2 Å². The molecular formula is C21H16FN3O2. The third kappa shape index (κ3) is 3.27. The number of terminal acetylenes is 1. The van der Waals surface area contributed by atoms with Crippen LogP contribution in [0.1, 0.15) is 16.1 Å². The largest absolute Gasteiger partial charge is 0.472 e. The molecule has 0 N–H and O–H groups in total. The highest BCUT2D eigenvalue weighted by Gasteiger charge is 2.34. The van der Waals surface area contributed by atoms with Crippen LogP contribution in [0, 0.1) is 18.2 Å². The fourth-order valence-electron chi connectivity index (χ4n) is 3.04. The SMILES string of the molecule is C#C[C@@H]1Cn2nc(OCc3ccccc3)cc2C(=O)N1c1ccc(F)cc1. The number of rotatable bonds is 4. The van der Waals surface area contributed by atoms with E-state index in [-0.39, 0.29) is 11.7 Å². The molecule has 0 aliphatic carbocycles. The molecule has 3 aromatic rings. The summed E-state index contributed by atoms with van der Waals surface area (Å²) in [6.45, 7) is 0.690. The van der Waals surface area contributed by atoms with E-state index in [1.54, 1.807) is 10.7 Å². The second-order valence-corrected chi connectivity index (χ2v) is 6.16. The normalized spacial score (nSPS) is 15.9. The molecule has 0 unspecified atom stereocenters. The van der Waals surface area contributed by atoms with Crippen molar-refractivity contribution < 1.29 is 13.9 Å². The lowest BCUT2D eigenvalue weighted by Crippen LogP contribution is -2.47. The molecule has 2 heterocycles. The summed E-state index contributed by atoms with van der Waals surface area (Å²) in [4.78, 5) is 14.5. The fraction of sp³-hybridized carbons (Fsp3) is 0.143. The van der Waals surface area contributed by atoms with Crippen molar-refractivity contribution in [1.29, 1.82) is 0 Å². The van der Waals surface area contributed by atoms with Gasteiger partial charge in [0.25, 0.3) is 5.91 Å². The molecule has 0 saturated heterocycles. The number of carbonyl (C=O) groups is 1. The average Bonchev–Trinajstić information content (AvgIpc) is 3.11. The zero-order chi connectivity index (χ0) is 18.8. The van der Waals surface area contributed by atoms with Gasteiger partial charge in [-0.3, -0.25) is 14.4 Å². The molecule has 1 amide bonds. The third-order valence-corrected chi connectivity index (χ3v) is 4.38. The molecule has 0 saturated carbocycles. The van der Waals surface area contributed by atoms with Crippen molar-refractivity contribution in [1.82, 2.24) is 9.78 Å². The number of hydrogen-bond donors (Lipinski definition) is 0. The topological polar surface area (TPSA) is 47.4 Å². The molecule has 0 spiro atoms. The maximum absolute atomic E-state index is 13.2. The molecule has 27 heavy (non-hydrogen) atoms. The Balaban J connectivity index is 1.59. The second-order valence-electron chi connectivity index (χ2n) is 6.16. The van der Waals surface area contributed by atoms with Crippen LogP contribution < -0.4 is 9.64 Å². The van der Waals surface area contributed by atoms with Crippen LogP contribution in [0.25, 0.3) is 0 Å². The minimum Gasteiger partial charge on any atom is -0.472 e. The van der Waals surface area contributed by atoms with Gasteiger partial charge < -0.3 is 4.74 Å². The van der Waals surface area contributed by atoms with Crippen LogP contribution in [0.5, 0.6) is 5.88 Å². The number of amides is 1. The highest BCUT2D eigenvalue weighted by Crippen LogP contribution is 2.27. The van der Waals surface area contributed by atoms with Crippen molar-refractivity contribution >= 4 is 11.6 Å². The van der Waals surface area contributed by atoms with E-state index >= 15 is 0 Å². The molecule has 1 aliphatic heterocycles. The van der Waals surface area contributed by atoms with Crippen LogP contribution in [0.15, 0.2) is 60.7 Å². The van der Waals surface area contributed by atoms with Gasteiger partial charge >= 0.3 is 0 Å². The quantitative estimate of drug-likeness (QED) is 0.670. The van der Waals surface area contributed by atoms with Gasteiger partial charge in [0.2, 0.25) is 5.88 Å². The predicted octanol–water partition coefficient (Wildman–Crippen LogP) is 3.26. The zero-order valence-electron chi connectivity index (χ0n) is 14.4. The van der Waals surface area contributed by atoms with Gasteiger partial charge in [-0.05, 0) is 29.8 Å². The van der Waals surface area contributed by atoms with E-state index in [1.807, 2.05) is 30.3 Å². The molecule has 0 radical (unpaired) electrons. The first-order valence-corrected chi connectivity index (χ1v) is 8.45. The van der Waals surface area contributed by atoms with Gasteiger partial charge in [0.15, 0.2) is 0 Å². The number of ether oxygens (including phenoxy) is 1. The number of aromatic nitrogens is 2. The summed E-state index contributed by atoms with van der Waals surface area (Å²) in [7, 11) is 0. The Kier molecular flexibility index (Phi) is 4.35. The lowest BCUT2D eigenvalue weighted by Gasteiger charge is -2.32. The Morgan fingerprint density at radius 3 is 2.63 bits per heavy atom. The molecule has 0 fully saturated rings. The molecule has 4 rings (SSSR count). The average molecular weight is 361 g/mol. The van der Waals surface area contributed by atoms with Gasteiger partial charge in [0.05, 0.1) is 6.54 Å². The number of fused-ring (bicyclic) bond motifs is 1. The highest BCUT2D eigenvalue weighted by molar-refractivity contribution is 6.06. The van der Waals surface area contributed by atoms with Crippen LogP contribution in [0.3, 0.4) is 0 Å². The van der Waals surface area contributed by atoms with E-state index in [9.17, 15) is 9.18 Å². The van der Waals surface area contributed by atoms with E-state index in [0.29, 0.717) is 30.4 Å². The summed E-state index contributed by atoms with van der Waals surface area (Å²) in [5.41, 5.74) is 1.93. The summed E-state index contributed by atoms with van der Waals surface area (Å²) in [5.74, 6) is 2.31. The van der Waals surface area contributed by atoms with Crippen molar-refractivity contribution in [2.45, 2.75) is 19.2 Å². The van der Waals surface area contributed by atoms with Gasteiger partial charge in [-0.1, -0.05) is 36.3 Å². The van der Waals surface area contributed by atoms with E-state index in [1.165, 1.54) is 29.2 Å². The lowest BCUT2D eigenvalue weighted by atomic mass is 10.1. The van der Waals surface area contributed by atoms with Crippen LogP contribution in [0.4, 0.5) is 10.1 Å². The number of halogens is 1. The second kappa shape index (κ2) is 6.96. The molecule has 134 valence electrons. The maximum Gasteiger partial charge on any atom is 0.277 e. The summed E-state index contributed by atoms with van der Waals surface area (Å²) in [6.07, 6.45) is 5.63. The Morgan fingerprint density at radius 1 is 1.19 bits per heavy atom. The molecule has 1 aromatic heterocycles. The van der Waals surface area contributed by atoms with E-state index in [4.69, 9.17) is 11.2 Å². The highest BCUT2D eigenvalue weighted by atomic mass is 19.1. The minimum absolute atomic E-state index is 0.294.